The van der Waals surface area contributed by atoms with E-state index in [0.717, 1.165) is 11.4 Å². The highest BCUT2D eigenvalue weighted by Gasteiger charge is 2.16. The summed E-state index contributed by atoms with van der Waals surface area (Å²) in [6.45, 7) is 10.2. The van der Waals surface area contributed by atoms with Gasteiger partial charge in [0.2, 0.25) is 5.78 Å². The van der Waals surface area contributed by atoms with Crippen LogP contribution in [0.2, 0.25) is 0 Å². The number of amides is 1. The fraction of sp³-hybridized carbons (Fsp3) is 0.300. The number of nitrogens with zero attached hydrogens (tertiary/aromatic N) is 1. The second kappa shape index (κ2) is 8.89. The summed E-state index contributed by atoms with van der Waals surface area (Å²) in [4.78, 5) is 24.0. The van der Waals surface area contributed by atoms with Crippen LogP contribution in [-0.4, -0.2) is 29.7 Å². The minimum absolute atomic E-state index is 0.0821. The van der Waals surface area contributed by atoms with Gasteiger partial charge in [0.25, 0.3) is 0 Å². The molecule has 2 aromatic rings. The lowest BCUT2D eigenvalue weighted by Gasteiger charge is -2.09. The average Bonchev–Trinajstić information content (AvgIpc) is 2.89. The Morgan fingerprint density at radius 1 is 1.27 bits per heavy atom. The number of rotatable bonds is 8. The third-order valence-electron chi connectivity index (χ3n) is 3.91. The van der Waals surface area contributed by atoms with Crippen molar-refractivity contribution < 1.29 is 19.1 Å². The number of allylic oxidation sites excluding steroid dienone is 1. The van der Waals surface area contributed by atoms with Gasteiger partial charge in [0.1, 0.15) is 5.75 Å². The number of aromatic nitrogens is 1. The van der Waals surface area contributed by atoms with Crippen molar-refractivity contribution in [1.29, 1.82) is 0 Å². The van der Waals surface area contributed by atoms with Crippen LogP contribution in [0.3, 0.4) is 0 Å². The van der Waals surface area contributed by atoms with Gasteiger partial charge in [0, 0.05) is 35.2 Å². The van der Waals surface area contributed by atoms with Crippen molar-refractivity contribution in [3.05, 3.63) is 59.9 Å². The smallest absolute Gasteiger partial charge is 0.411 e. The topological polar surface area (TPSA) is 69.6 Å². The first kappa shape index (κ1) is 19.3. The van der Waals surface area contributed by atoms with E-state index in [9.17, 15) is 9.59 Å². The van der Waals surface area contributed by atoms with E-state index < -0.39 is 6.09 Å². The molecule has 0 radical (unpaired) electrons. The molecule has 1 heterocycles. The number of carbonyl (C=O) groups excluding carboxylic acids is 2. The number of ether oxygens (including phenoxy) is 2. The van der Waals surface area contributed by atoms with Crippen molar-refractivity contribution in [2.45, 2.75) is 27.3 Å². The Morgan fingerprint density at radius 2 is 2.04 bits per heavy atom. The Bertz CT molecular complexity index is 808. The Hall–Kier alpha value is -3.02. The first-order valence-electron chi connectivity index (χ1n) is 8.43. The van der Waals surface area contributed by atoms with Crippen LogP contribution in [0.25, 0.3) is 0 Å². The van der Waals surface area contributed by atoms with Gasteiger partial charge in [-0.25, -0.2) is 4.79 Å². The number of Topliss-reactive ketones (excluding diaryl/α,β-unsaturated/α-hetero) is 1. The molecule has 1 N–H and O–H groups in total. The molecule has 2 rings (SSSR count). The van der Waals surface area contributed by atoms with Gasteiger partial charge in [-0.1, -0.05) is 12.1 Å². The molecule has 0 bridgehead atoms. The van der Waals surface area contributed by atoms with Crippen LogP contribution in [0.15, 0.2) is 43.0 Å². The molecule has 0 aliphatic heterocycles. The highest BCUT2D eigenvalue weighted by Crippen LogP contribution is 2.19. The Morgan fingerprint density at radius 3 is 2.73 bits per heavy atom. The molecule has 1 aromatic heterocycles. The van der Waals surface area contributed by atoms with Crippen molar-refractivity contribution in [2.75, 3.05) is 18.5 Å². The number of aryl methyl sites for hydroxylation is 1. The van der Waals surface area contributed by atoms with Gasteiger partial charge in [0.05, 0.1) is 6.61 Å². The van der Waals surface area contributed by atoms with Gasteiger partial charge in [-0.2, -0.15) is 0 Å². The average molecular weight is 356 g/mol. The number of ketones is 1. The summed E-state index contributed by atoms with van der Waals surface area (Å²) in [5, 5.41) is 2.60. The molecule has 138 valence electrons. The molecule has 1 aromatic carbocycles. The zero-order valence-corrected chi connectivity index (χ0v) is 15.4. The van der Waals surface area contributed by atoms with Gasteiger partial charge in [-0.15, -0.1) is 6.58 Å². The molecule has 26 heavy (non-hydrogen) atoms. The van der Waals surface area contributed by atoms with Crippen molar-refractivity contribution >= 4 is 17.6 Å². The Balaban J connectivity index is 2.02. The molecule has 6 heteroatoms. The second-order valence-corrected chi connectivity index (χ2v) is 5.77. The summed E-state index contributed by atoms with van der Waals surface area (Å²) in [5.41, 5.74) is 3.09. The zero-order chi connectivity index (χ0) is 19.1. The molecule has 0 aliphatic rings. The highest BCUT2D eigenvalue weighted by atomic mass is 16.5. The second-order valence-electron chi connectivity index (χ2n) is 5.77. The van der Waals surface area contributed by atoms with E-state index in [0.29, 0.717) is 30.2 Å². The molecule has 1 amide bonds. The van der Waals surface area contributed by atoms with Crippen LogP contribution in [-0.2, 0) is 11.3 Å². The van der Waals surface area contributed by atoms with E-state index in [1.165, 1.54) is 0 Å². The summed E-state index contributed by atoms with van der Waals surface area (Å²) in [6.07, 6.45) is 1.27. The fourth-order valence-electron chi connectivity index (χ4n) is 2.67. The van der Waals surface area contributed by atoms with Crippen LogP contribution in [0.1, 0.15) is 28.7 Å². The van der Waals surface area contributed by atoms with Gasteiger partial charge >= 0.3 is 6.09 Å². The van der Waals surface area contributed by atoms with Crippen molar-refractivity contribution in [3.63, 3.8) is 0 Å². The highest BCUT2D eigenvalue weighted by molar-refractivity contribution is 5.98. The molecule has 6 nitrogen and oxygen atoms in total. The quantitative estimate of drug-likeness (QED) is 0.570. The third-order valence-corrected chi connectivity index (χ3v) is 3.91. The standard InChI is InChI=1S/C20H24N2O4/c1-5-10-22-14(3)11-18(15(22)4)19(23)13-26-17-9-7-8-16(12-17)21-20(24)25-6-2/h5,7-9,11-12H,1,6,10,13H2,2-4H3,(H,21,24). The van der Waals surface area contributed by atoms with Crippen LogP contribution < -0.4 is 10.1 Å². The zero-order valence-electron chi connectivity index (χ0n) is 15.4. The first-order valence-corrected chi connectivity index (χ1v) is 8.43. The summed E-state index contributed by atoms with van der Waals surface area (Å²) < 4.78 is 12.5. The molecule has 0 atom stereocenters. The van der Waals surface area contributed by atoms with Crippen molar-refractivity contribution in [2.24, 2.45) is 0 Å². The van der Waals surface area contributed by atoms with Crippen LogP contribution in [0, 0.1) is 13.8 Å². The van der Waals surface area contributed by atoms with E-state index in [1.54, 1.807) is 37.3 Å². The minimum Gasteiger partial charge on any atom is -0.485 e. The summed E-state index contributed by atoms with van der Waals surface area (Å²) in [5.74, 6) is 0.393. The number of anilines is 1. The van der Waals surface area contributed by atoms with Gasteiger partial charge in [-0.3, -0.25) is 10.1 Å². The fourth-order valence-corrected chi connectivity index (χ4v) is 2.67. The van der Waals surface area contributed by atoms with Crippen molar-refractivity contribution in [3.8, 4) is 5.75 Å². The predicted octanol–water partition coefficient (Wildman–Crippen LogP) is 4.12. The maximum Gasteiger partial charge on any atom is 0.411 e. The van der Waals surface area contributed by atoms with E-state index in [2.05, 4.69) is 11.9 Å². The lowest BCUT2D eigenvalue weighted by Crippen LogP contribution is -2.14. The number of nitrogens with one attached hydrogen (secondary N) is 1. The largest absolute Gasteiger partial charge is 0.485 e. The van der Waals surface area contributed by atoms with Crippen molar-refractivity contribution in [1.82, 2.24) is 4.57 Å². The molecule has 0 saturated carbocycles. The Labute approximate surface area is 153 Å². The number of hydrogen-bond donors (Lipinski definition) is 1. The van der Waals surface area contributed by atoms with Gasteiger partial charge in [-0.05, 0) is 39.0 Å². The summed E-state index contributed by atoms with van der Waals surface area (Å²) in [7, 11) is 0. The van der Waals surface area contributed by atoms with E-state index in [4.69, 9.17) is 9.47 Å². The molecule has 0 unspecified atom stereocenters. The lowest BCUT2D eigenvalue weighted by atomic mass is 10.1. The molecule has 0 fully saturated rings. The molecular formula is C20H24N2O4. The first-order chi connectivity index (χ1) is 12.5. The predicted molar refractivity (Wildman–Crippen MR) is 101 cm³/mol. The van der Waals surface area contributed by atoms with Crippen LogP contribution in [0.5, 0.6) is 5.75 Å². The molecule has 0 aliphatic carbocycles. The van der Waals surface area contributed by atoms with E-state index in [-0.39, 0.29) is 12.4 Å². The molecular weight excluding hydrogens is 332 g/mol. The van der Waals surface area contributed by atoms with Crippen LogP contribution >= 0.6 is 0 Å². The molecule has 0 spiro atoms. The summed E-state index contributed by atoms with van der Waals surface area (Å²) in [6, 6.07) is 8.69. The summed E-state index contributed by atoms with van der Waals surface area (Å²) >= 11 is 0. The minimum atomic E-state index is -0.532. The number of hydrogen-bond acceptors (Lipinski definition) is 4. The van der Waals surface area contributed by atoms with E-state index >= 15 is 0 Å². The third kappa shape index (κ3) is 4.75. The van der Waals surface area contributed by atoms with Crippen LogP contribution in [0.4, 0.5) is 10.5 Å². The van der Waals surface area contributed by atoms with Gasteiger partial charge < -0.3 is 14.0 Å². The number of benzene rings is 1. The van der Waals surface area contributed by atoms with Gasteiger partial charge in [0.15, 0.2) is 6.61 Å². The maximum atomic E-state index is 12.5. The maximum absolute atomic E-state index is 12.5. The lowest BCUT2D eigenvalue weighted by molar-refractivity contribution is 0.0920. The Kier molecular flexibility index (Phi) is 6.60. The monoisotopic (exact) mass is 356 g/mol. The SMILES string of the molecule is C=CCn1c(C)cc(C(=O)COc2cccc(NC(=O)OCC)c2)c1C. The number of carbonyl (C=O) groups is 2. The molecule has 0 saturated heterocycles. The normalized spacial score (nSPS) is 10.3. The van der Waals surface area contributed by atoms with E-state index in [1.807, 2.05) is 24.5 Å².